The van der Waals surface area contributed by atoms with Crippen molar-refractivity contribution in [1.82, 2.24) is 10.3 Å². The number of ether oxygens (including phenoxy) is 1. The summed E-state index contributed by atoms with van der Waals surface area (Å²) in [4.78, 5) is 16.1. The summed E-state index contributed by atoms with van der Waals surface area (Å²) in [5.41, 5.74) is 0.905. The Morgan fingerprint density at radius 2 is 2.12 bits per heavy atom. The number of amides is 1. The van der Waals surface area contributed by atoms with E-state index in [0.717, 1.165) is 16.7 Å². The third kappa shape index (κ3) is 4.73. The molecule has 1 aliphatic carbocycles. The van der Waals surface area contributed by atoms with Gasteiger partial charge in [0, 0.05) is 24.1 Å². The summed E-state index contributed by atoms with van der Waals surface area (Å²) in [6.45, 7) is 0.686. The summed E-state index contributed by atoms with van der Waals surface area (Å²) >= 11 is 0. The number of nitrogens with zero attached hydrogens (tertiary/aromatic N) is 1. The zero-order valence-electron chi connectivity index (χ0n) is 13.8. The van der Waals surface area contributed by atoms with E-state index in [1.54, 1.807) is 6.20 Å². The van der Waals surface area contributed by atoms with Crippen molar-refractivity contribution in [2.75, 3.05) is 13.2 Å². The van der Waals surface area contributed by atoms with Gasteiger partial charge >= 0.3 is 0 Å². The quantitative estimate of drug-likeness (QED) is 0.859. The number of pyridine rings is 1. The molecular formula is C20H22N2O2. The fourth-order valence-electron chi connectivity index (χ4n) is 3.06. The van der Waals surface area contributed by atoms with Gasteiger partial charge in [0.25, 0.3) is 0 Å². The molecule has 0 saturated heterocycles. The number of aromatic nitrogens is 1. The maximum atomic E-state index is 11.8. The Hall–Kier alpha value is -2.54. The topological polar surface area (TPSA) is 51.2 Å². The van der Waals surface area contributed by atoms with E-state index in [1.165, 1.54) is 25.7 Å². The Bertz CT molecular complexity index is 755. The third-order valence-corrected chi connectivity index (χ3v) is 4.34. The van der Waals surface area contributed by atoms with Crippen LogP contribution < -0.4 is 10.1 Å². The van der Waals surface area contributed by atoms with Crippen LogP contribution in [0.2, 0.25) is 0 Å². The molecular weight excluding hydrogens is 300 g/mol. The normalized spacial score (nSPS) is 14.2. The van der Waals surface area contributed by atoms with Crippen LogP contribution in [0.4, 0.5) is 0 Å². The molecule has 1 saturated carbocycles. The Labute approximate surface area is 142 Å². The molecule has 0 unspecified atom stereocenters. The second kappa shape index (κ2) is 8.35. The predicted octanol–water partition coefficient (Wildman–Crippen LogP) is 3.31. The maximum absolute atomic E-state index is 11.8. The first kappa shape index (κ1) is 16.3. The standard InChI is InChI=1S/C20H22N2O2/c23-20(14-16-6-1-2-7-16)22-11-3-4-13-24-18-10-9-17-8-5-12-21-19(17)15-18/h5,8-10,12,15-16H,1-2,6-7,11,13-14H2,(H,22,23). The largest absolute Gasteiger partial charge is 0.481 e. The second-order valence-corrected chi connectivity index (χ2v) is 6.13. The van der Waals surface area contributed by atoms with Crippen LogP contribution in [0.15, 0.2) is 36.5 Å². The second-order valence-electron chi connectivity index (χ2n) is 6.13. The lowest BCUT2D eigenvalue weighted by Gasteiger charge is -2.07. The summed E-state index contributed by atoms with van der Waals surface area (Å²) in [7, 11) is 0. The van der Waals surface area contributed by atoms with Crippen molar-refractivity contribution < 1.29 is 9.53 Å². The SMILES string of the molecule is O=C(CC1CCCC1)NCC#CCOc1ccc2cccnc2c1. The van der Waals surface area contributed by atoms with Crippen LogP contribution in [0, 0.1) is 17.8 Å². The monoisotopic (exact) mass is 322 g/mol. The van der Waals surface area contributed by atoms with Gasteiger partial charge in [-0.05, 0) is 37.0 Å². The molecule has 1 fully saturated rings. The van der Waals surface area contributed by atoms with Crippen molar-refractivity contribution in [2.45, 2.75) is 32.1 Å². The third-order valence-electron chi connectivity index (χ3n) is 4.34. The number of carbonyl (C=O) groups excluding carboxylic acids is 1. The Kier molecular flexibility index (Phi) is 5.68. The van der Waals surface area contributed by atoms with Crippen LogP contribution >= 0.6 is 0 Å². The lowest BCUT2D eigenvalue weighted by molar-refractivity contribution is -0.121. The molecule has 1 aromatic carbocycles. The van der Waals surface area contributed by atoms with E-state index in [1.807, 2.05) is 30.3 Å². The first-order valence-electron chi connectivity index (χ1n) is 8.51. The van der Waals surface area contributed by atoms with Gasteiger partial charge < -0.3 is 10.1 Å². The highest BCUT2D eigenvalue weighted by atomic mass is 16.5. The molecule has 2 aromatic rings. The lowest BCUT2D eigenvalue weighted by Crippen LogP contribution is -2.25. The minimum atomic E-state index is 0.109. The summed E-state index contributed by atoms with van der Waals surface area (Å²) in [6, 6.07) is 9.72. The van der Waals surface area contributed by atoms with E-state index in [9.17, 15) is 4.79 Å². The van der Waals surface area contributed by atoms with E-state index < -0.39 is 0 Å². The zero-order valence-corrected chi connectivity index (χ0v) is 13.8. The van der Waals surface area contributed by atoms with Crippen LogP contribution in [0.5, 0.6) is 5.75 Å². The van der Waals surface area contributed by atoms with E-state index >= 15 is 0 Å². The smallest absolute Gasteiger partial charge is 0.221 e. The first-order valence-corrected chi connectivity index (χ1v) is 8.51. The van der Waals surface area contributed by atoms with Crippen LogP contribution in [0.25, 0.3) is 10.9 Å². The molecule has 1 amide bonds. The number of benzene rings is 1. The van der Waals surface area contributed by atoms with Crippen LogP contribution in [-0.4, -0.2) is 24.0 Å². The van der Waals surface area contributed by atoms with Gasteiger partial charge in [0.05, 0.1) is 12.1 Å². The molecule has 0 radical (unpaired) electrons. The summed E-state index contributed by atoms with van der Waals surface area (Å²) in [5.74, 6) is 7.28. The molecule has 3 rings (SSSR count). The van der Waals surface area contributed by atoms with Gasteiger partial charge in [0.1, 0.15) is 12.4 Å². The van der Waals surface area contributed by atoms with Gasteiger partial charge in [-0.2, -0.15) is 0 Å². The Morgan fingerprint density at radius 1 is 1.25 bits per heavy atom. The maximum Gasteiger partial charge on any atom is 0.221 e. The molecule has 1 N–H and O–H groups in total. The fraction of sp³-hybridized carbons (Fsp3) is 0.400. The van der Waals surface area contributed by atoms with Crippen molar-refractivity contribution in [3.8, 4) is 17.6 Å². The molecule has 24 heavy (non-hydrogen) atoms. The van der Waals surface area contributed by atoms with Crippen molar-refractivity contribution in [1.29, 1.82) is 0 Å². The molecule has 4 nitrogen and oxygen atoms in total. The molecule has 1 heterocycles. The van der Waals surface area contributed by atoms with Gasteiger partial charge in [-0.1, -0.05) is 30.7 Å². The van der Waals surface area contributed by atoms with Crippen LogP contribution in [0.1, 0.15) is 32.1 Å². The van der Waals surface area contributed by atoms with Gasteiger partial charge in [0.15, 0.2) is 0 Å². The van der Waals surface area contributed by atoms with Gasteiger partial charge in [-0.15, -0.1) is 0 Å². The highest BCUT2D eigenvalue weighted by Gasteiger charge is 2.17. The summed E-state index contributed by atoms with van der Waals surface area (Å²) < 4.78 is 5.60. The van der Waals surface area contributed by atoms with E-state index in [0.29, 0.717) is 25.5 Å². The van der Waals surface area contributed by atoms with Crippen LogP contribution in [0.3, 0.4) is 0 Å². The first-order chi connectivity index (χ1) is 11.8. The highest BCUT2D eigenvalue weighted by Crippen LogP contribution is 2.27. The van der Waals surface area contributed by atoms with E-state index in [2.05, 4.69) is 22.1 Å². The number of hydrogen-bond acceptors (Lipinski definition) is 3. The molecule has 0 atom stereocenters. The van der Waals surface area contributed by atoms with Gasteiger partial charge in [-0.3, -0.25) is 9.78 Å². The average molecular weight is 322 g/mol. The average Bonchev–Trinajstić information content (AvgIpc) is 3.10. The Morgan fingerprint density at radius 3 is 3.00 bits per heavy atom. The molecule has 0 spiro atoms. The number of fused-ring (bicyclic) bond motifs is 1. The molecule has 124 valence electrons. The number of hydrogen-bond donors (Lipinski definition) is 1. The lowest BCUT2D eigenvalue weighted by atomic mass is 10.0. The summed E-state index contributed by atoms with van der Waals surface area (Å²) in [5, 5.41) is 3.94. The molecule has 1 aromatic heterocycles. The summed E-state index contributed by atoms with van der Waals surface area (Å²) in [6.07, 6.45) is 7.31. The van der Waals surface area contributed by atoms with Gasteiger partial charge in [0.2, 0.25) is 5.91 Å². The molecule has 0 aliphatic heterocycles. The van der Waals surface area contributed by atoms with Crippen LogP contribution in [-0.2, 0) is 4.79 Å². The van der Waals surface area contributed by atoms with Gasteiger partial charge in [-0.25, -0.2) is 0 Å². The van der Waals surface area contributed by atoms with E-state index in [-0.39, 0.29) is 5.91 Å². The number of nitrogens with one attached hydrogen (secondary N) is 1. The highest BCUT2D eigenvalue weighted by molar-refractivity contribution is 5.79. The number of carbonyl (C=O) groups is 1. The predicted molar refractivity (Wildman–Crippen MR) is 94.6 cm³/mol. The van der Waals surface area contributed by atoms with E-state index in [4.69, 9.17) is 4.74 Å². The van der Waals surface area contributed by atoms with Crippen molar-refractivity contribution >= 4 is 16.8 Å². The minimum absolute atomic E-state index is 0.109. The molecule has 1 aliphatic rings. The van der Waals surface area contributed by atoms with Crippen molar-refractivity contribution in [3.05, 3.63) is 36.5 Å². The van der Waals surface area contributed by atoms with Crippen molar-refractivity contribution in [2.24, 2.45) is 5.92 Å². The molecule has 0 bridgehead atoms. The fourth-order valence-corrected chi connectivity index (χ4v) is 3.06. The zero-order chi connectivity index (χ0) is 16.6. The molecule has 4 heteroatoms. The van der Waals surface area contributed by atoms with Crippen molar-refractivity contribution in [3.63, 3.8) is 0 Å². The number of rotatable bonds is 5. The minimum Gasteiger partial charge on any atom is -0.481 e. The Balaban J connectivity index is 1.38.